The van der Waals surface area contributed by atoms with Crippen LogP contribution in [-0.4, -0.2) is 54.2 Å². The Balaban J connectivity index is 1.89. The highest BCUT2D eigenvalue weighted by molar-refractivity contribution is 5.82. The molecule has 0 aromatic heterocycles. The molecule has 8 heteroatoms. The van der Waals surface area contributed by atoms with Crippen LogP contribution in [0.3, 0.4) is 0 Å². The Morgan fingerprint density at radius 1 is 1.22 bits per heavy atom. The van der Waals surface area contributed by atoms with Crippen LogP contribution >= 0.6 is 0 Å². The lowest BCUT2D eigenvalue weighted by atomic mass is 9.79. The molecule has 0 unspecified atom stereocenters. The molecule has 2 aliphatic heterocycles. The lowest BCUT2D eigenvalue weighted by molar-refractivity contribution is -0.193. The van der Waals surface area contributed by atoms with Crippen molar-refractivity contribution in [3.05, 3.63) is 0 Å². The number of carbonyl (C=O) groups excluding carboxylic acids is 1. The number of nitrogens with zero attached hydrogens (tertiary/aromatic N) is 1. The molecule has 0 bridgehead atoms. The summed E-state index contributed by atoms with van der Waals surface area (Å²) in [6, 6.07) is 0. The van der Waals surface area contributed by atoms with Crippen LogP contribution in [0.5, 0.6) is 0 Å². The number of carboxylic acid groups (broad SMARTS) is 1. The summed E-state index contributed by atoms with van der Waals surface area (Å²) in [5.41, 5.74) is 0. The molecule has 5 nitrogen and oxygen atoms in total. The lowest BCUT2D eigenvalue weighted by Crippen LogP contribution is -2.57. The van der Waals surface area contributed by atoms with Gasteiger partial charge in [-0.25, -0.2) is 0 Å². The molecule has 0 saturated carbocycles. The van der Waals surface area contributed by atoms with E-state index in [1.807, 2.05) is 0 Å². The number of amides is 1. The predicted octanol–water partition coefficient (Wildman–Crippen LogP) is -0.0727. The number of aliphatic carboxylic acids is 1. The molecule has 2 aliphatic rings. The van der Waals surface area contributed by atoms with Crippen molar-refractivity contribution in [3.63, 3.8) is 0 Å². The topological polar surface area (TPSA) is 69.6 Å². The SMILES string of the molecule is O=C(O)[C@@H]1CNC[C@H]1C1CN(C(=O)C(F)(F)F)C1. The van der Waals surface area contributed by atoms with Gasteiger partial charge in [0.05, 0.1) is 5.92 Å². The zero-order valence-corrected chi connectivity index (χ0v) is 9.41. The molecule has 1 amide bonds. The van der Waals surface area contributed by atoms with E-state index in [9.17, 15) is 22.8 Å². The molecular formula is C10H13F3N2O3. The van der Waals surface area contributed by atoms with Gasteiger partial charge in [0.25, 0.3) is 0 Å². The minimum Gasteiger partial charge on any atom is -0.481 e. The summed E-state index contributed by atoms with van der Waals surface area (Å²) in [4.78, 5) is 22.5. The van der Waals surface area contributed by atoms with Crippen LogP contribution in [0.25, 0.3) is 0 Å². The summed E-state index contributed by atoms with van der Waals surface area (Å²) < 4.78 is 36.4. The fraction of sp³-hybridized carbons (Fsp3) is 0.800. The van der Waals surface area contributed by atoms with E-state index in [4.69, 9.17) is 5.11 Å². The maximum atomic E-state index is 12.1. The number of nitrogens with one attached hydrogen (secondary N) is 1. The highest BCUT2D eigenvalue weighted by atomic mass is 19.4. The summed E-state index contributed by atoms with van der Waals surface area (Å²) in [6.07, 6.45) is -4.84. The molecule has 2 atom stereocenters. The summed E-state index contributed by atoms with van der Waals surface area (Å²) in [6.45, 7) is 0.808. The molecule has 0 aromatic rings. The van der Waals surface area contributed by atoms with Crippen molar-refractivity contribution in [1.29, 1.82) is 0 Å². The van der Waals surface area contributed by atoms with Gasteiger partial charge in [0.1, 0.15) is 0 Å². The lowest BCUT2D eigenvalue weighted by Gasteiger charge is -2.43. The number of rotatable bonds is 2. The average molecular weight is 266 g/mol. The number of alkyl halides is 3. The van der Waals surface area contributed by atoms with Crippen molar-refractivity contribution in [2.75, 3.05) is 26.2 Å². The third-order valence-electron chi connectivity index (χ3n) is 3.62. The fourth-order valence-electron chi connectivity index (χ4n) is 2.59. The zero-order chi connectivity index (χ0) is 13.5. The van der Waals surface area contributed by atoms with Crippen molar-refractivity contribution in [1.82, 2.24) is 10.2 Å². The molecule has 0 spiro atoms. The van der Waals surface area contributed by atoms with E-state index in [-0.39, 0.29) is 24.9 Å². The van der Waals surface area contributed by atoms with Gasteiger partial charge in [-0.3, -0.25) is 9.59 Å². The summed E-state index contributed by atoms with van der Waals surface area (Å²) >= 11 is 0. The second-order valence-electron chi connectivity index (χ2n) is 4.73. The molecular weight excluding hydrogens is 253 g/mol. The molecule has 0 aromatic carbocycles. The van der Waals surface area contributed by atoms with Gasteiger partial charge < -0.3 is 15.3 Å². The molecule has 0 radical (unpaired) electrons. The molecule has 2 saturated heterocycles. The first-order valence-corrected chi connectivity index (χ1v) is 5.60. The smallest absolute Gasteiger partial charge is 0.471 e. The predicted molar refractivity (Wildman–Crippen MR) is 53.6 cm³/mol. The second-order valence-corrected chi connectivity index (χ2v) is 4.73. The third-order valence-corrected chi connectivity index (χ3v) is 3.62. The van der Waals surface area contributed by atoms with Gasteiger partial charge in [0.2, 0.25) is 0 Å². The van der Waals surface area contributed by atoms with E-state index in [2.05, 4.69) is 5.32 Å². The monoisotopic (exact) mass is 266 g/mol. The first kappa shape index (κ1) is 13.1. The highest BCUT2D eigenvalue weighted by Gasteiger charge is 2.50. The minimum absolute atomic E-state index is 0.00549. The van der Waals surface area contributed by atoms with Crippen molar-refractivity contribution >= 4 is 11.9 Å². The van der Waals surface area contributed by atoms with Gasteiger partial charge >= 0.3 is 18.1 Å². The van der Waals surface area contributed by atoms with Gasteiger partial charge in [-0.2, -0.15) is 13.2 Å². The maximum absolute atomic E-state index is 12.1. The summed E-state index contributed by atoms with van der Waals surface area (Å²) in [5, 5.41) is 11.9. The van der Waals surface area contributed by atoms with E-state index in [1.165, 1.54) is 0 Å². The Kier molecular flexibility index (Phi) is 3.22. The average Bonchev–Trinajstić information content (AvgIpc) is 2.62. The Morgan fingerprint density at radius 2 is 1.83 bits per heavy atom. The maximum Gasteiger partial charge on any atom is 0.471 e. The van der Waals surface area contributed by atoms with Gasteiger partial charge in [-0.05, 0) is 18.4 Å². The highest BCUT2D eigenvalue weighted by Crippen LogP contribution is 2.34. The second kappa shape index (κ2) is 4.42. The Labute approximate surface area is 101 Å². The van der Waals surface area contributed by atoms with Crippen molar-refractivity contribution in [3.8, 4) is 0 Å². The summed E-state index contributed by atoms with van der Waals surface area (Å²) in [5.74, 6) is -3.70. The Morgan fingerprint density at radius 3 is 2.33 bits per heavy atom. The van der Waals surface area contributed by atoms with Crippen LogP contribution < -0.4 is 5.32 Å². The van der Waals surface area contributed by atoms with Crippen LogP contribution in [0.4, 0.5) is 13.2 Å². The van der Waals surface area contributed by atoms with Crippen LogP contribution in [0.1, 0.15) is 0 Å². The Bertz CT molecular complexity index is 366. The molecule has 0 aliphatic carbocycles. The fourth-order valence-corrected chi connectivity index (χ4v) is 2.59. The summed E-state index contributed by atoms with van der Waals surface area (Å²) in [7, 11) is 0. The molecule has 2 N–H and O–H groups in total. The first-order chi connectivity index (χ1) is 8.30. The zero-order valence-electron chi connectivity index (χ0n) is 9.41. The number of hydrogen-bond acceptors (Lipinski definition) is 3. The van der Waals surface area contributed by atoms with Crippen LogP contribution in [0.2, 0.25) is 0 Å². The van der Waals surface area contributed by atoms with E-state index in [0.717, 1.165) is 4.90 Å². The normalized spacial score (nSPS) is 29.2. The largest absolute Gasteiger partial charge is 0.481 e. The van der Waals surface area contributed by atoms with Gasteiger partial charge in [-0.15, -0.1) is 0 Å². The molecule has 2 rings (SSSR count). The molecule has 2 heterocycles. The molecule has 102 valence electrons. The van der Waals surface area contributed by atoms with Gasteiger partial charge in [0.15, 0.2) is 0 Å². The van der Waals surface area contributed by atoms with Crippen LogP contribution in [0, 0.1) is 17.8 Å². The first-order valence-electron chi connectivity index (χ1n) is 5.60. The number of halogens is 3. The number of likely N-dealkylation sites (tertiary alicyclic amines) is 1. The number of carboxylic acids is 1. The van der Waals surface area contributed by atoms with Crippen molar-refractivity contribution in [2.45, 2.75) is 6.18 Å². The quantitative estimate of drug-likeness (QED) is 0.734. The van der Waals surface area contributed by atoms with Crippen LogP contribution in [0.15, 0.2) is 0 Å². The van der Waals surface area contributed by atoms with E-state index < -0.39 is 24.0 Å². The van der Waals surface area contributed by atoms with Crippen molar-refractivity contribution < 1.29 is 27.9 Å². The Hall–Kier alpha value is -1.31. The van der Waals surface area contributed by atoms with Crippen molar-refractivity contribution in [2.24, 2.45) is 17.8 Å². The minimum atomic E-state index is -4.84. The van der Waals surface area contributed by atoms with E-state index in [1.54, 1.807) is 0 Å². The number of carbonyl (C=O) groups is 2. The molecule has 18 heavy (non-hydrogen) atoms. The molecule has 2 fully saturated rings. The van der Waals surface area contributed by atoms with Crippen LogP contribution in [-0.2, 0) is 9.59 Å². The third kappa shape index (κ3) is 2.29. The standard InChI is InChI=1S/C10H13F3N2O3/c11-10(12,13)9(18)15-3-5(4-15)6-1-14-2-7(6)8(16)17/h5-7,14H,1-4H2,(H,16,17)/t6-,7+/m0/s1. The van der Waals surface area contributed by atoms with Gasteiger partial charge in [0, 0.05) is 19.6 Å². The number of hydrogen-bond donors (Lipinski definition) is 2. The van der Waals surface area contributed by atoms with E-state index >= 15 is 0 Å². The van der Waals surface area contributed by atoms with E-state index in [0.29, 0.717) is 13.1 Å². The van der Waals surface area contributed by atoms with Gasteiger partial charge in [-0.1, -0.05) is 0 Å².